The van der Waals surface area contributed by atoms with Crippen molar-refractivity contribution in [1.29, 1.82) is 0 Å². The van der Waals surface area contributed by atoms with Gasteiger partial charge in [-0.3, -0.25) is 0 Å². The van der Waals surface area contributed by atoms with Gasteiger partial charge in [0.15, 0.2) is 5.75 Å². The van der Waals surface area contributed by atoms with Crippen LogP contribution in [0.1, 0.15) is 11.1 Å². The van der Waals surface area contributed by atoms with E-state index in [1.54, 1.807) is 18.2 Å². The SMILES string of the molecule is NCc1ccc(COc2c(Cl)cccc2Cl)cc1. The van der Waals surface area contributed by atoms with Crippen molar-refractivity contribution in [2.45, 2.75) is 13.2 Å². The van der Waals surface area contributed by atoms with E-state index in [2.05, 4.69) is 0 Å². The van der Waals surface area contributed by atoms with Gasteiger partial charge in [-0.05, 0) is 23.3 Å². The molecule has 2 N–H and O–H groups in total. The fraction of sp³-hybridized carbons (Fsp3) is 0.143. The van der Waals surface area contributed by atoms with Crippen LogP contribution in [0.3, 0.4) is 0 Å². The number of hydrogen-bond acceptors (Lipinski definition) is 2. The molecule has 0 radical (unpaired) electrons. The van der Waals surface area contributed by atoms with Crippen molar-refractivity contribution >= 4 is 23.2 Å². The number of hydrogen-bond donors (Lipinski definition) is 1. The summed E-state index contributed by atoms with van der Waals surface area (Å²) in [6, 6.07) is 13.2. The van der Waals surface area contributed by atoms with Crippen LogP contribution in [0, 0.1) is 0 Å². The number of benzene rings is 2. The highest BCUT2D eigenvalue weighted by Crippen LogP contribution is 2.32. The Morgan fingerprint density at radius 2 is 1.44 bits per heavy atom. The Kier molecular flexibility index (Phi) is 4.48. The standard InChI is InChI=1S/C14H13Cl2NO/c15-12-2-1-3-13(16)14(12)18-9-11-6-4-10(8-17)5-7-11/h1-7H,8-9,17H2. The van der Waals surface area contributed by atoms with Gasteiger partial charge in [0, 0.05) is 6.54 Å². The zero-order valence-electron chi connectivity index (χ0n) is 9.70. The van der Waals surface area contributed by atoms with Crippen molar-refractivity contribution in [3.05, 3.63) is 63.6 Å². The highest BCUT2D eigenvalue weighted by Gasteiger charge is 2.06. The van der Waals surface area contributed by atoms with E-state index in [0.717, 1.165) is 11.1 Å². The molecule has 0 spiro atoms. The zero-order chi connectivity index (χ0) is 13.0. The molecule has 0 aliphatic carbocycles. The summed E-state index contributed by atoms with van der Waals surface area (Å²) in [7, 11) is 0. The molecule has 4 heteroatoms. The average molecular weight is 282 g/mol. The molecule has 0 aliphatic rings. The fourth-order valence-electron chi connectivity index (χ4n) is 1.55. The van der Waals surface area contributed by atoms with Crippen LogP contribution in [0.5, 0.6) is 5.75 Å². The highest BCUT2D eigenvalue weighted by molar-refractivity contribution is 6.37. The molecular weight excluding hydrogens is 269 g/mol. The lowest BCUT2D eigenvalue weighted by Gasteiger charge is -2.10. The van der Waals surface area contributed by atoms with E-state index in [1.807, 2.05) is 24.3 Å². The van der Waals surface area contributed by atoms with Crippen LogP contribution < -0.4 is 10.5 Å². The first-order valence-electron chi connectivity index (χ1n) is 5.55. The van der Waals surface area contributed by atoms with Crippen molar-refractivity contribution in [1.82, 2.24) is 0 Å². The van der Waals surface area contributed by atoms with Crippen molar-refractivity contribution < 1.29 is 4.74 Å². The average Bonchev–Trinajstić information content (AvgIpc) is 2.39. The molecule has 0 saturated heterocycles. The minimum absolute atomic E-state index is 0.425. The van der Waals surface area contributed by atoms with Gasteiger partial charge in [0.25, 0.3) is 0 Å². The molecule has 0 aliphatic heterocycles. The van der Waals surface area contributed by atoms with Gasteiger partial charge in [0.05, 0.1) is 10.0 Å². The van der Waals surface area contributed by atoms with Crippen LogP contribution in [-0.4, -0.2) is 0 Å². The predicted octanol–water partition coefficient (Wildman–Crippen LogP) is 4.03. The van der Waals surface area contributed by atoms with E-state index >= 15 is 0 Å². The van der Waals surface area contributed by atoms with Gasteiger partial charge in [-0.15, -0.1) is 0 Å². The van der Waals surface area contributed by atoms with E-state index in [1.165, 1.54) is 0 Å². The number of ether oxygens (including phenoxy) is 1. The molecule has 0 aromatic heterocycles. The first kappa shape index (κ1) is 13.2. The summed E-state index contributed by atoms with van der Waals surface area (Å²) < 4.78 is 5.63. The lowest BCUT2D eigenvalue weighted by atomic mass is 10.1. The van der Waals surface area contributed by atoms with Crippen LogP contribution in [0.2, 0.25) is 10.0 Å². The van der Waals surface area contributed by atoms with Crippen molar-refractivity contribution in [3.8, 4) is 5.75 Å². The largest absolute Gasteiger partial charge is 0.486 e. The normalized spacial score (nSPS) is 10.4. The second kappa shape index (κ2) is 6.10. The quantitative estimate of drug-likeness (QED) is 0.918. The third kappa shape index (κ3) is 3.16. The van der Waals surface area contributed by atoms with Crippen LogP contribution in [0.4, 0.5) is 0 Å². The summed E-state index contributed by atoms with van der Waals surface area (Å²) >= 11 is 12.0. The Hall–Kier alpha value is -1.22. The van der Waals surface area contributed by atoms with E-state index in [4.69, 9.17) is 33.7 Å². The first-order valence-corrected chi connectivity index (χ1v) is 6.31. The molecule has 0 atom stereocenters. The van der Waals surface area contributed by atoms with Crippen LogP contribution >= 0.6 is 23.2 Å². The van der Waals surface area contributed by atoms with Gasteiger partial charge in [-0.1, -0.05) is 53.5 Å². The van der Waals surface area contributed by atoms with E-state index in [-0.39, 0.29) is 0 Å². The summed E-state index contributed by atoms with van der Waals surface area (Å²) in [6.07, 6.45) is 0. The van der Waals surface area contributed by atoms with Gasteiger partial charge < -0.3 is 10.5 Å². The Morgan fingerprint density at radius 1 is 0.889 bits per heavy atom. The Balaban J connectivity index is 2.06. The van der Waals surface area contributed by atoms with Crippen LogP contribution in [0.25, 0.3) is 0 Å². The highest BCUT2D eigenvalue weighted by atomic mass is 35.5. The third-order valence-corrected chi connectivity index (χ3v) is 3.16. The summed E-state index contributed by atoms with van der Waals surface area (Å²) in [5, 5.41) is 1.03. The van der Waals surface area contributed by atoms with Crippen LogP contribution in [-0.2, 0) is 13.2 Å². The van der Waals surface area contributed by atoms with Gasteiger partial charge in [0.1, 0.15) is 6.61 Å². The number of rotatable bonds is 4. The van der Waals surface area contributed by atoms with E-state index < -0.39 is 0 Å². The monoisotopic (exact) mass is 281 g/mol. The zero-order valence-corrected chi connectivity index (χ0v) is 11.2. The topological polar surface area (TPSA) is 35.2 Å². The van der Waals surface area contributed by atoms with Gasteiger partial charge in [-0.2, -0.15) is 0 Å². The Bertz CT molecular complexity index is 506. The second-order valence-electron chi connectivity index (χ2n) is 3.86. The van der Waals surface area contributed by atoms with Crippen LogP contribution in [0.15, 0.2) is 42.5 Å². The third-order valence-electron chi connectivity index (χ3n) is 2.56. The van der Waals surface area contributed by atoms with Gasteiger partial charge in [0.2, 0.25) is 0 Å². The number of nitrogens with two attached hydrogens (primary N) is 1. The molecule has 2 rings (SSSR count). The fourth-order valence-corrected chi connectivity index (χ4v) is 2.05. The number of halogens is 2. The van der Waals surface area contributed by atoms with E-state index in [0.29, 0.717) is 28.9 Å². The minimum atomic E-state index is 0.425. The maximum atomic E-state index is 6.02. The molecule has 2 aromatic rings. The molecule has 2 nitrogen and oxygen atoms in total. The van der Waals surface area contributed by atoms with Crippen molar-refractivity contribution in [2.75, 3.05) is 0 Å². The van der Waals surface area contributed by atoms with Gasteiger partial charge in [-0.25, -0.2) is 0 Å². The Morgan fingerprint density at radius 3 is 2.00 bits per heavy atom. The second-order valence-corrected chi connectivity index (χ2v) is 4.67. The maximum Gasteiger partial charge on any atom is 0.156 e. The Labute approximate surface area is 116 Å². The number of para-hydroxylation sites is 1. The predicted molar refractivity (Wildman–Crippen MR) is 75.1 cm³/mol. The molecule has 0 fully saturated rings. The van der Waals surface area contributed by atoms with Crippen molar-refractivity contribution in [2.24, 2.45) is 5.73 Å². The molecule has 2 aromatic carbocycles. The van der Waals surface area contributed by atoms with E-state index in [9.17, 15) is 0 Å². The molecule has 0 bridgehead atoms. The molecular formula is C14H13Cl2NO. The lowest BCUT2D eigenvalue weighted by molar-refractivity contribution is 0.306. The lowest BCUT2D eigenvalue weighted by Crippen LogP contribution is -1.99. The summed E-state index contributed by atoms with van der Waals surface area (Å²) in [4.78, 5) is 0. The van der Waals surface area contributed by atoms with Gasteiger partial charge >= 0.3 is 0 Å². The molecule has 0 unspecified atom stereocenters. The van der Waals surface area contributed by atoms with Crippen molar-refractivity contribution in [3.63, 3.8) is 0 Å². The smallest absolute Gasteiger partial charge is 0.156 e. The molecule has 0 saturated carbocycles. The first-order chi connectivity index (χ1) is 8.70. The molecule has 94 valence electrons. The molecule has 18 heavy (non-hydrogen) atoms. The summed E-state index contributed by atoms with van der Waals surface area (Å²) in [5.74, 6) is 0.517. The minimum Gasteiger partial charge on any atom is -0.486 e. The maximum absolute atomic E-state index is 6.02. The summed E-state index contributed by atoms with van der Waals surface area (Å²) in [5.41, 5.74) is 7.68. The molecule has 0 amide bonds. The summed E-state index contributed by atoms with van der Waals surface area (Å²) in [6.45, 7) is 0.964. The molecule has 0 heterocycles.